The van der Waals surface area contributed by atoms with E-state index in [1.54, 1.807) is 13.2 Å². The molecule has 0 heterocycles. The van der Waals surface area contributed by atoms with Crippen LogP contribution in [0.15, 0.2) is 18.2 Å². The number of aryl methyl sites for hydroxylation is 1. The molecule has 0 atom stereocenters. The summed E-state index contributed by atoms with van der Waals surface area (Å²) in [6.07, 6.45) is 0. The zero-order valence-corrected chi connectivity index (χ0v) is 7.29. The Bertz CT molecular complexity index is 265. The Morgan fingerprint density at radius 1 is 1.50 bits per heavy atom. The zero-order valence-electron chi connectivity index (χ0n) is 7.29. The maximum absolute atomic E-state index is 9.32. The molecule has 0 aliphatic heterocycles. The third-order valence-corrected chi connectivity index (χ3v) is 1.63. The highest BCUT2D eigenvalue weighted by molar-refractivity contribution is 6.32. The monoisotopic (exact) mass is 165 g/mol. The van der Waals surface area contributed by atoms with Crippen LogP contribution in [0.5, 0.6) is 5.75 Å². The normalized spacial score (nSPS) is 9.50. The fraction of sp³-hybridized carbons (Fsp3) is 0.250. The molecule has 0 saturated heterocycles. The summed E-state index contributed by atoms with van der Waals surface area (Å²) in [6, 6.07) is 5.43. The molecule has 0 bridgehead atoms. The summed E-state index contributed by atoms with van der Waals surface area (Å²) in [4.78, 5) is 0. The van der Waals surface area contributed by atoms with Crippen molar-refractivity contribution in [3.63, 3.8) is 0 Å². The molecule has 0 aromatic heterocycles. The molecule has 4 heteroatoms. The van der Waals surface area contributed by atoms with Crippen LogP contribution in [0.4, 0.5) is 5.69 Å². The van der Waals surface area contributed by atoms with Crippen LogP contribution < -0.4 is 5.23 Å². The predicted molar refractivity (Wildman–Crippen MR) is 50.6 cm³/mol. The smallest absolute Gasteiger partial charge is 0.393 e. The van der Waals surface area contributed by atoms with E-state index in [1.165, 1.54) is 0 Å². The molecule has 64 valence electrons. The molecule has 0 spiro atoms. The second kappa shape index (κ2) is 4.02. The maximum atomic E-state index is 9.32. The van der Waals surface area contributed by atoms with Gasteiger partial charge >= 0.3 is 7.62 Å². The summed E-state index contributed by atoms with van der Waals surface area (Å²) in [7, 11) is 2.06. The molecule has 0 unspecified atom stereocenters. The van der Waals surface area contributed by atoms with Gasteiger partial charge in [0.15, 0.2) is 0 Å². The number of hydrogen-bond acceptors (Lipinski definition) is 3. The van der Waals surface area contributed by atoms with E-state index in [1.807, 2.05) is 19.1 Å². The summed E-state index contributed by atoms with van der Waals surface area (Å²) in [5.74, 6) is 0.302. The average Bonchev–Trinajstić information content (AvgIpc) is 2.07. The predicted octanol–water partition coefficient (Wildman–Crippen LogP) is 1.03. The van der Waals surface area contributed by atoms with Crippen LogP contribution in [0.2, 0.25) is 0 Å². The van der Waals surface area contributed by atoms with Crippen molar-refractivity contribution in [2.45, 2.75) is 6.92 Å². The van der Waals surface area contributed by atoms with Gasteiger partial charge in [0.1, 0.15) is 5.75 Å². The van der Waals surface area contributed by atoms with Gasteiger partial charge in [0, 0.05) is 18.9 Å². The van der Waals surface area contributed by atoms with Crippen molar-refractivity contribution >= 4 is 13.3 Å². The Morgan fingerprint density at radius 2 is 2.25 bits per heavy atom. The lowest BCUT2D eigenvalue weighted by Crippen LogP contribution is -2.07. The van der Waals surface area contributed by atoms with Crippen LogP contribution in [0, 0.1) is 6.92 Å². The molecule has 0 saturated carbocycles. The molecular weight excluding hydrogens is 153 g/mol. The molecule has 1 aromatic carbocycles. The van der Waals surface area contributed by atoms with Crippen molar-refractivity contribution < 1.29 is 9.76 Å². The highest BCUT2D eigenvalue weighted by atomic mass is 16.4. The highest BCUT2D eigenvalue weighted by Gasteiger charge is 1.97. The molecule has 0 radical (unpaired) electrons. The summed E-state index contributed by atoms with van der Waals surface area (Å²) < 4.78 is 4.82. The first-order valence-corrected chi connectivity index (χ1v) is 3.76. The van der Waals surface area contributed by atoms with Crippen LogP contribution in [0.25, 0.3) is 0 Å². The molecule has 0 amide bonds. The molecule has 1 aromatic rings. The summed E-state index contributed by atoms with van der Waals surface area (Å²) >= 11 is 0. The lowest BCUT2D eigenvalue weighted by atomic mass is 10.1. The fourth-order valence-corrected chi connectivity index (χ4v) is 0.875. The van der Waals surface area contributed by atoms with E-state index in [0.717, 1.165) is 11.3 Å². The van der Waals surface area contributed by atoms with Crippen LogP contribution >= 0.6 is 0 Å². The number of phenols is 1. The van der Waals surface area contributed by atoms with Gasteiger partial charge in [-0.15, -0.1) is 0 Å². The van der Waals surface area contributed by atoms with Crippen LogP contribution in [0.1, 0.15) is 5.56 Å². The van der Waals surface area contributed by atoms with Crippen molar-refractivity contribution in [2.75, 3.05) is 12.3 Å². The van der Waals surface area contributed by atoms with Crippen molar-refractivity contribution in [1.82, 2.24) is 0 Å². The lowest BCUT2D eigenvalue weighted by Gasteiger charge is -2.04. The van der Waals surface area contributed by atoms with Crippen molar-refractivity contribution in [3.05, 3.63) is 23.8 Å². The van der Waals surface area contributed by atoms with E-state index in [4.69, 9.17) is 4.65 Å². The Morgan fingerprint density at radius 3 is 2.83 bits per heavy atom. The van der Waals surface area contributed by atoms with Gasteiger partial charge in [0.25, 0.3) is 0 Å². The number of nitrogens with one attached hydrogen (secondary N) is 1. The molecule has 0 aliphatic rings. The van der Waals surface area contributed by atoms with Gasteiger partial charge in [-0.2, -0.15) is 0 Å². The van der Waals surface area contributed by atoms with Gasteiger partial charge in [-0.05, 0) is 18.6 Å². The molecule has 3 nitrogen and oxygen atoms in total. The molecule has 0 aliphatic carbocycles. The molecule has 2 N–H and O–H groups in total. The zero-order chi connectivity index (χ0) is 8.97. The number of benzene rings is 1. The van der Waals surface area contributed by atoms with Gasteiger partial charge in [0.05, 0.1) is 0 Å². The average molecular weight is 165 g/mol. The topological polar surface area (TPSA) is 41.5 Å². The van der Waals surface area contributed by atoms with Crippen LogP contribution in [0.3, 0.4) is 0 Å². The van der Waals surface area contributed by atoms with E-state index in [0.29, 0.717) is 13.4 Å². The lowest BCUT2D eigenvalue weighted by molar-refractivity contribution is 0.446. The van der Waals surface area contributed by atoms with E-state index < -0.39 is 0 Å². The third kappa shape index (κ3) is 2.17. The van der Waals surface area contributed by atoms with Gasteiger partial charge in [0.2, 0.25) is 0 Å². The Balaban J connectivity index is 2.69. The standard InChI is InChI=1S/C8H12BNO2/c1-6-3-4-7(5-8(6)11)10-9-12-2/h3-5,9-11H,1-2H3. The van der Waals surface area contributed by atoms with Crippen molar-refractivity contribution in [1.29, 1.82) is 0 Å². The van der Waals surface area contributed by atoms with E-state index >= 15 is 0 Å². The number of hydrogen-bond donors (Lipinski definition) is 2. The molecule has 1 rings (SSSR count). The van der Waals surface area contributed by atoms with E-state index in [2.05, 4.69) is 5.23 Å². The molecule has 0 fully saturated rings. The van der Waals surface area contributed by atoms with E-state index in [9.17, 15) is 5.11 Å². The number of anilines is 1. The second-order valence-electron chi connectivity index (χ2n) is 2.61. The van der Waals surface area contributed by atoms with Crippen molar-refractivity contribution in [3.8, 4) is 5.75 Å². The highest BCUT2D eigenvalue weighted by Crippen LogP contribution is 2.20. The quantitative estimate of drug-likeness (QED) is 0.657. The van der Waals surface area contributed by atoms with Gasteiger partial charge in [-0.3, -0.25) is 0 Å². The Labute approximate surface area is 72.7 Å². The molecule has 12 heavy (non-hydrogen) atoms. The number of aromatic hydroxyl groups is 1. The number of rotatable bonds is 3. The van der Waals surface area contributed by atoms with E-state index in [-0.39, 0.29) is 0 Å². The Kier molecular flexibility index (Phi) is 2.99. The minimum absolute atomic E-state index is 0.302. The molecular formula is C8H12BNO2. The minimum atomic E-state index is 0.302. The van der Waals surface area contributed by atoms with Gasteiger partial charge in [-0.25, -0.2) is 0 Å². The van der Waals surface area contributed by atoms with Gasteiger partial charge < -0.3 is 15.0 Å². The SMILES string of the molecule is COBNc1ccc(C)c(O)c1. The summed E-state index contributed by atoms with van der Waals surface area (Å²) in [5.41, 5.74) is 1.73. The van der Waals surface area contributed by atoms with Crippen LogP contribution in [-0.2, 0) is 4.65 Å². The third-order valence-electron chi connectivity index (χ3n) is 1.63. The summed E-state index contributed by atoms with van der Waals surface area (Å²) in [6.45, 7) is 1.86. The van der Waals surface area contributed by atoms with Gasteiger partial charge in [-0.1, -0.05) is 6.07 Å². The first kappa shape index (κ1) is 8.94. The second-order valence-corrected chi connectivity index (χ2v) is 2.61. The minimum Gasteiger partial charge on any atom is -0.508 e. The van der Waals surface area contributed by atoms with Crippen LogP contribution in [-0.4, -0.2) is 19.8 Å². The summed E-state index contributed by atoms with van der Waals surface area (Å²) in [5, 5.41) is 12.3. The first-order valence-electron chi connectivity index (χ1n) is 3.76. The maximum Gasteiger partial charge on any atom is 0.393 e. The van der Waals surface area contributed by atoms with Crippen molar-refractivity contribution in [2.24, 2.45) is 0 Å². The first-order chi connectivity index (χ1) is 5.74. The largest absolute Gasteiger partial charge is 0.508 e. The fourth-order valence-electron chi connectivity index (χ4n) is 0.875. The number of phenolic OH excluding ortho intramolecular Hbond substituents is 1. The Hall–Kier alpha value is -1.16.